The summed E-state index contributed by atoms with van der Waals surface area (Å²) in [5.41, 5.74) is -0.0156. The highest BCUT2D eigenvalue weighted by molar-refractivity contribution is 5.60. The minimum absolute atomic E-state index is 0.00781. The lowest BCUT2D eigenvalue weighted by atomic mass is 9.77. The maximum atomic E-state index is 14.5. The van der Waals surface area contributed by atoms with E-state index < -0.39 is 5.82 Å². The normalized spacial score (nSPS) is 20.6. The molecule has 0 atom stereocenters. The van der Waals surface area contributed by atoms with Gasteiger partial charge in [-0.15, -0.1) is 0 Å². The number of aromatic nitrogens is 3. The van der Waals surface area contributed by atoms with Crippen molar-refractivity contribution in [3.8, 4) is 5.75 Å². The second-order valence-corrected chi connectivity index (χ2v) is 9.27. The number of fused-ring (bicyclic) bond motifs is 1. The van der Waals surface area contributed by atoms with Crippen LogP contribution in [-0.4, -0.2) is 57.2 Å². The summed E-state index contributed by atoms with van der Waals surface area (Å²) in [6, 6.07) is 3.72. The third kappa shape index (κ3) is 4.12. The Bertz CT molecular complexity index is 916. The maximum absolute atomic E-state index is 14.5. The number of rotatable bonds is 4. The number of ether oxygens (including phenoxy) is 1. The molecule has 2 aromatic heterocycles. The van der Waals surface area contributed by atoms with Gasteiger partial charge in [0.1, 0.15) is 12.4 Å². The Labute approximate surface area is 176 Å². The summed E-state index contributed by atoms with van der Waals surface area (Å²) < 4.78 is 20.0. The van der Waals surface area contributed by atoms with Crippen molar-refractivity contribution in [2.24, 2.45) is 0 Å². The van der Waals surface area contributed by atoms with Gasteiger partial charge in [-0.25, -0.2) is 14.4 Å². The second kappa shape index (κ2) is 7.54. The fourth-order valence-corrected chi connectivity index (χ4v) is 4.40. The Morgan fingerprint density at radius 3 is 2.63 bits per heavy atom. The Kier molecular flexibility index (Phi) is 5.17. The van der Waals surface area contributed by atoms with Gasteiger partial charge in [-0.2, -0.15) is 4.98 Å². The van der Waals surface area contributed by atoms with Crippen LogP contribution in [0.5, 0.6) is 5.75 Å². The molecular formula is C21H30FN7O. The van der Waals surface area contributed by atoms with Crippen LogP contribution in [0.4, 0.5) is 27.8 Å². The summed E-state index contributed by atoms with van der Waals surface area (Å²) in [5, 5.41) is 9.56. The highest BCUT2D eigenvalue weighted by atomic mass is 19.1. The van der Waals surface area contributed by atoms with Crippen LogP contribution >= 0.6 is 0 Å². The SMILES string of the molecule is CN1C(C)(C)CC(Nc2nc(Nc3ccc4c(n3)NCCO4)ncc2F)CC1(C)C. The number of likely N-dealkylation sites (tertiary alicyclic amines) is 1. The third-order valence-electron chi connectivity index (χ3n) is 6.14. The standard InChI is InChI=1S/C21H30FN7O/c1-20(2)10-13(11-21(3,4)29(20)5)25-17-14(22)12-24-19(28-17)27-16-7-6-15-18(26-16)23-8-9-30-15/h6-7,12-13H,8-11H2,1-5H3,(H3,23,24,25,26,27,28). The van der Waals surface area contributed by atoms with Crippen molar-refractivity contribution in [2.75, 3.05) is 36.1 Å². The monoisotopic (exact) mass is 415 g/mol. The van der Waals surface area contributed by atoms with Gasteiger partial charge in [-0.05, 0) is 59.7 Å². The molecule has 9 heteroatoms. The van der Waals surface area contributed by atoms with E-state index in [2.05, 4.69) is 70.5 Å². The second-order valence-electron chi connectivity index (χ2n) is 9.27. The van der Waals surface area contributed by atoms with E-state index in [1.807, 2.05) is 6.07 Å². The number of hydrogen-bond acceptors (Lipinski definition) is 8. The van der Waals surface area contributed by atoms with Crippen LogP contribution in [0.2, 0.25) is 0 Å². The molecule has 4 rings (SSSR count). The highest BCUT2D eigenvalue weighted by Gasteiger charge is 2.43. The zero-order valence-electron chi connectivity index (χ0n) is 18.2. The van der Waals surface area contributed by atoms with Crippen LogP contribution in [0.3, 0.4) is 0 Å². The smallest absolute Gasteiger partial charge is 0.230 e. The van der Waals surface area contributed by atoms with Crippen molar-refractivity contribution in [3.05, 3.63) is 24.1 Å². The van der Waals surface area contributed by atoms with Crippen LogP contribution in [-0.2, 0) is 0 Å². The van der Waals surface area contributed by atoms with E-state index in [1.54, 1.807) is 6.07 Å². The fraction of sp³-hybridized carbons (Fsp3) is 0.571. The lowest BCUT2D eigenvalue weighted by Crippen LogP contribution is -2.61. The molecule has 3 N–H and O–H groups in total. The molecule has 4 heterocycles. The number of anilines is 4. The third-order valence-corrected chi connectivity index (χ3v) is 6.14. The molecule has 0 amide bonds. The zero-order chi connectivity index (χ0) is 21.5. The Morgan fingerprint density at radius 2 is 1.90 bits per heavy atom. The predicted molar refractivity (Wildman–Crippen MR) is 116 cm³/mol. The minimum atomic E-state index is -0.469. The van der Waals surface area contributed by atoms with Gasteiger partial charge in [0.2, 0.25) is 5.95 Å². The summed E-state index contributed by atoms with van der Waals surface area (Å²) in [6.07, 6.45) is 2.96. The van der Waals surface area contributed by atoms with E-state index in [4.69, 9.17) is 4.74 Å². The largest absolute Gasteiger partial charge is 0.488 e. The molecule has 0 unspecified atom stereocenters. The molecule has 2 aliphatic rings. The first-order valence-corrected chi connectivity index (χ1v) is 10.3. The van der Waals surface area contributed by atoms with Gasteiger partial charge in [0.15, 0.2) is 23.2 Å². The Hall–Kier alpha value is -2.68. The molecule has 162 valence electrons. The lowest BCUT2D eigenvalue weighted by Gasteiger charge is -2.53. The summed E-state index contributed by atoms with van der Waals surface area (Å²) in [7, 11) is 2.15. The van der Waals surface area contributed by atoms with E-state index >= 15 is 0 Å². The molecule has 2 aromatic rings. The molecule has 1 saturated heterocycles. The number of halogens is 1. The summed E-state index contributed by atoms with van der Waals surface area (Å²) >= 11 is 0. The van der Waals surface area contributed by atoms with Crippen LogP contribution in [0.1, 0.15) is 40.5 Å². The van der Waals surface area contributed by atoms with Gasteiger partial charge in [-0.3, -0.25) is 4.90 Å². The average Bonchev–Trinajstić information content (AvgIpc) is 2.68. The molecular weight excluding hydrogens is 385 g/mol. The van der Waals surface area contributed by atoms with E-state index in [0.717, 1.165) is 12.8 Å². The minimum Gasteiger partial charge on any atom is -0.488 e. The average molecular weight is 416 g/mol. The number of nitrogens with one attached hydrogen (secondary N) is 3. The van der Waals surface area contributed by atoms with E-state index in [0.29, 0.717) is 30.5 Å². The van der Waals surface area contributed by atoms with Gasteiger partial charge >= 0.3 is 0 Å². The fourth-order valence-electron chi connectivity index (χ4n) is 4.40. The van der Waals surface area contributed by atoms with Gasteiger partial charge < -0.3 is 20.7 Å². The molecule has 0 spiro atoms. The van der Waals surface area contributed by atoms with Crippen LogP contribution < -0.4 is 20.7 Å². The molecule has 30 heavy (non-hydrogen) atoms. The van der Waals surface area contributed by atoms with E-state index in [-0.39, 0.29) is 28.9 Å². The van der Waals surface area contributed by atoms with Crippen molar-refractivity contribution < 1.29 is 9.13 Å². The number of hydrogen-bond donors (Lipinski definition) is 3. The molecule has 2 aliphatic heterocycles. The molecule has 0 bridgehead atoms. The summed E-state index contributed by atoms with van der Waals surface area (Å²) in [6.45, 7) is 10.2. The van der Waals surface area contributed by atoms with Crippen molar-refractivity contribution >= 4 is 23.4 Å². The quantitative estimate of drug-likeness (QED) is 0.698. The Morgan fingerprint density at radius 1 is 1.17 bits per heavy atom. The maximum Gasteiger partial charge on any atom is 0.230 e. The first-order valence-electron chi connectivity index (χ1n) is 10.3. The molecule has 0 radical (unpaired) electrons. The molecule has 0 saturated carbocycles. The summed E-state index contributed by atoms with van der Waals surface area (Å²) in [5.74, 6) is 1.96. The molecule has 0 aliphatic carbocycles. The first kappa shape index (κ1) is 20.6. The van der Waals surface area contributed by atoms with Gasteiger partial charge in [0.25, 0.3) is 0 Å². The van der Waals surface area contributed by atoms with Gasteiger partial charge in [0.05, 0.1) is 12.7 Å². The van der Waals surface area contributed by atoms with Crippen molar-refractivity contribution in [3.63, 3.8) is 0 Å². The molecule has 0 aromatic carbocycles. The number of piperidine rings is 1. The van der Waals surface area contributed by atoms with E-state index in [1.165, 1.54) is 6.20 Å². The van der Waals surface area contributed by atoms with Crippen molar-refractivity contribution in [2.45, 2.75) is 57.7 Å². The van der Waals surface area contributed by atoms with Crippen molar-refractivity contribution in [1.82, 2.24) is 19.9 Å². The summed E-state index contributed by atoms with van der Waals surface area (Å²) in [4.78, 5) is 15.3. The van der Waals surface area contributed by atoms with Gasteiger partial charge in [-0.1, -0.05) is 0 Å². The van der Waals surface area contributed by atoms with Crippen LogP contribution in [0, 0.1) is 5.82 Å². The van der Waals surface area contributed by atoms with E-state index in [9.17, 15) is 4.39 Å². The molecule has 1 fully saturated rings. The van der Waals surface area contributed by atoms with Gasteiger partial charge in [0, 0.05) is 17.1 Å². The van der Waals surface area contributed by atoms with Crippen LogP contribution in [0.25, 0.3) is 0 Å². The lowest BCUT2D eigenvalue weighted by molar-refractivity contribution is -0.00778. The van der Waals surface area contributed by atoms with Crippen molar-refractivity contribution in [1.29, 1.82) is 0 Å². The number of nitrogens with zero attached hydrogens (tertiary/aromatic N) is 4. The zero-order valence-corrected chi connectivity index (χ0v) is 18.2. The topological polar surface area (TPSA) is 87.2 Å². The first-order chi connectivity index (χ1) is 14.1. The predicted octanol–water partition coefficient (Wildman–Crippen LogP) is 3.62. The molecule has 8 nitrogen and oxygen atoms in total. The van der Waals surface area contributed by atoms with Crippen LogP contribution in [0.15, 0.2) is 18.3 Å². The number of pyridine rings is 1. The Balaban J connectivity index is 1.51. The highest BCUT2D eigenvalue weighted by Crippen LogP contribution is 2.38.